The average molecular weight is 409 g/mol. The van der Waals surface area contributed by atoms with E-state index in [2.05, 4.69) is 25.3 Å². The lowest BCUT2D eigenvalue weighted by atomic mass is 10.3. The van der Waals surface area contributed by atoms with Crippen LogP contribution in [0.1, 0.15) is 0 Å². The molecule has 0 aliphatic heterocycles. The molecule has 0 bridgehead atoms. The number of nitrogens with one attached hydrogen (secondary N) is 1. The van der Waals surface area contributed by atoms with E-state index in [-0.39, 0.29) is 11.0 Å². The summed E-state index contributed by atoms with van der Waals surface area (Å²) in [6.45, 7) is 0. The van der Waals surface area contributed by atoms with Crippen molar-refractivity contribution in [1.82, 2.24) is 19.9 Å². The van der Waals surface area contributed by atoms with Crippen LogP contribution in [-0.4, -0.2) is 19.9 Å². The van der Waals surface area contributed by atoms with Gasteiger partial charge in [-0.2, -0.15) is 0 Å². The number of hydrogen-bond acceptors (Lipinski definition) is 8. The van der Waals surface area contributed by atoms with Crippen LogP contribution in [0.4, 0.5) is 28.8 Å². The molecule has 29 heavy (non-hydrogen) atoms. The van der Waals surface area contributed by atoms with E-state index in [9.17, 15) is 0 Å². The van der Waals surface area contributed by atoms with E-state index < -0.39 is 0 Å². The molecule has 4 aromatic rings. The molecule has 0 atom stereocenters. The van der Waals surface area contributed by atoms with E-state index in [0.29, 0.717) is 11.6 Å². The number of halogens is 1. The van der Waals surface area contributed by atoms with Crippen LogP contribution in [0.15, 0.2) is 85.5 Å². The van der Waals surface area contributed by atoms with E-state index in [4.69, 9.17) is 28.8 Å². The number of anilines is 5. The van der Waals surface area contributed by atoms with Gasteiger partial charge in [0, 0.05) is 36.2 Å². The van der Waals surface area contributed by atoms with Gasteiger partial charge in [0.15, 0.2) is 22.6 Å². The topological polar surface area (TPSA) is 142 Å². The molecule has 8 nitrogen and oxygen atoms in total. The summed E-state index contributed by atoms with van der Waals surface area (Å²) in [7, 11) is 0. The number of aromatic nitrogens is 4. The fraction of sp³-hybridized carbons (Fsp3) is 0. The van der Waals surface area contributed by atoms with E-state index >= 15 is 0 Å². The zero-order valence-electron chi connectivity index (χ0n) is 15.5. The standard InChI is InChI=1S/C10H10N4.C6H7N.C4H4ClN3/c11-9-10(13-7-6-12-9)14-8-4-2-1-3-5-8;7-6-4-2-1-3-5-6;5-3-4(6)8-2-1-7-3/h1-7H,(H2,11,12)(H,13,14);1-5H,7H2;1-2H,(H2,6,8). The third-order valence-electron chi connectivity index (χ3n) is 3.24. The highest BCUT2D eigenvalue weighted by atomic mass is 35.5. The van der Waals surface area contributed by atoms with Gasteiger partial charge in [-0.1, -0.05) is 48.0 Å². The predicted molar refractivity (Wildman–Crippen MR) is 118 cm³/mol. The maximum Gasteiger partial charge on any atom is 0.173 e. The maximum absolute atomic E-state index is 5.63. The van der Waals surface area contributed by atoms with Gasteiger partial charge in [0.2, 0.25) is 0 Å². The van der Waals surface area contributed by atoms with Crippen LogP contribution in [0.2, 0.25) is 5.15 Å². The third kappa shape index (κ3) is 8.10. The van der Waals surface area contributed by atoms with Crippen molar-refractivity contribution in [2.45, 2.75) is 0 Å². The normalized spacial score (nSPS) is 9.28. The Hall–Kier alpha value is -3.91. The molecule has 0 saturated carbocycles. The monoisotopic (exact) mass is 408 g/mol. The highest BCUT2D eigenvalue weighted by Crippen LogP contribution is 2.16. The Balaban J connectivity index is 0.000000170. The minimum atomic E-state index is 0.257. The molecule has 0 spiro atoms. The summed E-state index contributed by atoms with van der Waals surface area (Å²) in [6.07, 6.45) is 6.13. The average Bonchev–Trinajstić information content (AvgIpc) is 2.74. The Morgan fingerprint density at radius 2 is 1.14 bits per heavy atom. The minimum absolute atomic E-state index is 0.257. The lowest BCUT2D eigenvalue weighted by molar-refractivity contribution is 1.21. The Labute approximate surface area is 173 Å². The summed E-state index contributed by atoms with van der Waals surface area (Å²) in [5, 5.41) is 3.33. The first-order chi connectivity index (χ1) is 14.1. The summed E-state index contributed by atoms with van der Waals surface area (Å²) >= 11 is 5.41. The Kier molecular flexibility index (Phi) is 8.65. The molecular weight excluding hydrogens is 388 g/mol. The van der Waals surface area contributed by atoms with Crippen molar-refractivity contribution in [2.75, 3.05) is 22.5 Å². The molecular formula is C20H21ClN8. The summed E-state index contributed by atoms with van der Waals surface area (Å²) < 4.78 is 0. The van der Waals surface area contributed by atoms with Crippen molar-refractivity contribution >= 4 is 40.4 Å². The van der Waals surface area contributed by atoms with Gasteiger partial charge in [-0.15, -0.1) is 0 Å². The van der Waals surface area contributed by atoms with Gasteiger partial charge in [0.05, 0.1) is 0 Å². The molecule has 148 valence electrons. The quantitative estimate of drug-likeness (QED) is 0.367. The van der Waals surface area contributed by atoms with Gasteiger partial charge in [0.25, 0.3) is 0 Å². The van der Waals surface area contributed by atoms with Crippen molar-refractivity contribution in [3.63, 3.8) is 0 Å². The number of benzene rings is 2. The number of hydrogen-bond donors (Lipinski definition) is 4. The van der Waals surface area contributed by atoms with E-state index in [1.54, 1.807) is 12.4 Å². The Morgan fingerprint density at radius 3 is 1.59 bits per heavy atom. The smallest absolute Gasteiger partial charge is 0.173 e. The van der Waals surface area contributed by atoms with Crippen LogP contribution >= 0.6 is 11.6 Å². The van der Waals surface area contributed by atoms with E-state index in [1.807, 2.05) is 60.7 Å². The second kappa shape index (κ2) is 11.7. The van der Waals surface area contributed by atoms with Crippen molar-refractivity contribution in [2.24, 2.45) is 0 Å². The molecule has 0 radical (unpaired) electrons. The summed E-state index contributed by atoms with van der Waals surface area (Å²) in [6, 6.07) is 19.2. The van der Waals surface area contributed by atoms with Crippen molar-refractivity contribution in [3.05, 3.63) is 90.6 Å². The first-order valence-corrected chi connectivity index (χ1v) is 8.85. The SMILES string of the molecule is Nc1ccccc1.Nc1nccnc1Cl.Nc1nccnc1Nc1ccccc1. The number of nitrogens with two attached hydrogens (primary N) is 3. The lowest BCUT2D eigenvalue weighted by Crippen LogP contribution is -2.00. The fourth-order valence-electron chi connectivity index (χ4n) is 1.89. The molecule has 0 aliphatic rings. The van der Waals surface area contributed by atoms with Crippen LogP contribution in [-0.2, 0) is 0 Å². The minimum Gasteiger partial charge on any atom is -0.399 e. The largest absolute Gasteiger partial charge is 0.399 e. The summed E-state index contributed by atoms with van der Waals surface area (Å²) in [4.78, 5) is 15.3. The highest BCUT2D eigenvalue weighted by molar-refractivity contribution is 6.31. The molecule has 2 heterocycles. The molecule has 0 unspecified atom stereocenters. The van der Waals surface area contributed by atoms with Gasteiger partial charge >= 0.3 is 0 Å². The number of rotatable bonds is 2. The maximum atomic E-state index is 5.63. The van der Waals surface area contributed by atoms with Gasteiger partial charge in [-0.05, 0) is 24.3 Å². The van der Waals surface area contributed by atoms with E-state index in [0.717, 1.165) is 11.4 Å². The molecule has 9 heteroatoms. The number of nitrogens with zero attached hydrogens (tertiary/aromatic N) is 4. The highest BCUT2D eigenvalue weighted by Gasteiger charge is 1.99. The van der Waals surface area contributed by atoms with Crippen molar-refractivity contribution < 1.29 is 0 Å². The van der Waals surface area contributed by atoms with Crippen LogP contribution < -0.4 is 22.5 Å². The molecule has 0 amide bonds. The molecule has 4 rings (SSSR count). The fourth-order valence-corrected chi connectivity index (χ4v) is 1.99. The van der Waals surface area contributed by atoms with E-state index in [1.165, 1.54) is 12.4 Å². The number of para-hydroxylation sites is 2. The summed E-state index contributed by atoms with van der Waals surface area (Å²) in [5.74, 6) is 1.25. The van der Waals surface area contributed by atoms with Crippen molar-refractivity contribution in [3.8, 4) is 0 Å². The van der Waals surface area contributed by atoms with Gasteiger partial charge in [-0.3, -0.25) is 0 Å². The predicted octanol–water partition coefficient (Wildman–Crippen LogP) is 3.78. The zero-order valence-corrected chi connectivity index (χ0v) is 16.2. The van der Waals surface area contributed by atoms with Crippen LogP contribution in [0, 0.1) is 0 Å². The second-order valence-corrected chi connectivity index (χ2v) is 5.78. The number of nitrogen functional groups attached to an aromatic ring is 3. The molecule has 0 aliphatic carbocycles. The third-order valence-corrected chi connectivity index (χ3v) is 3.53. The first-order valence-electron chi connectivity index (χ1n) is 8.47. The van der Waals surface area contributed by atoms with Crippen LogP contribution in [0.25, 0.3) is 0 Å². The Bertz CT molecular complexity index is 963. The van der Waals surface area contributed by atoms with Gasteiger partial charge in [-0.25, -0.2) is 19.9 Å². The zero-order chi connectivity index (χ0) is 20.9. The van der Waals surface area contributed by atoms with Crippen molar-refractivity contribution in [1.29, 1.82) is 0 Å². The molecule has 0 fully saturated rings. The van der Waals surface area contributed by atoms with Crippen LogP contribution in [0.5, 0.6) is 0 Å². The van der Waals surface area contributed by atoms with Gasteiger partial charge < -0.3 is 22.5 Å². The second-order valence-electron chi connectivity index (χ2n) is 5.42. The summed E-state index contributed by atoms with van der Waals surface area (Å²) in [5.41, 5.74) is 18.0. The molecule has 2 aromatic heterocycles. The Morgan fingerprint density at radius 1 is 0.621 bits per heavy atom. The molecule has 0 saturated heterocycles. The first kappa shape index (κ1) is 21.4. The van der Waals surface area contributed by atoms with Crippen LogP contribution in [0.3, 0.4) is 0 Å². The van der Waals surface area contributed by atoms with Gasteiger partial charge in [0.1, 0.15) is 0 Å². The molecule has 7 N–H and O–H groups in total. The lowest BCUT2D eigenvalue weighted by Gasteiger charge is -2.05. The molecule has 2 aromatic carbocycles.